The highest BCUT2D eigenvalue weighted by atomic mass is 14.5. The first-order valence-corrected chi connectivity index (χ1v) is 4.78. The van der Waals surface area contributed by atoms with Gasteiger partial charge in [0.15, 0.2) is 0 Å². The second kappa shape index (κ2) is 3.14. The van der Waals surface area contributed by atoms with Crippen molar-refractivity contribution in [2.45, 2.75) is 40.0 Å². The molecule has 0 amide bonds. The summed E-state index contributed by atoms with van der Waals surface area (Å²) in [6, 6.07) is 0. The summed E-state index contributed by atoms with van der Waals surface area (Å²) in [5.41, 5.74) is 6.15. The predicted octanol–water partition coefficient (Wildman–Crippen LogP) is 2.41. The molecule has 0 aromatic rings. The first-order valence-electron chi connectivity index (χ1n) is 4.78. The van der Waals surface area contributed by atoms with Crippen LogP contribution in [0.3, 0.4) is 0 Å². The van der Waals surface area contributed by atoms with Gasteiger partial charge in [-0.1, -0.05) is 20.8 Å². The first-order chi connectivity index (χ1) is 5.08. The summed E-state index contributed by atoms with van der Waals surface area (Å²) < 4.78 is 0. The fourth-order valence-electron chi connectivity index (χ4n) is 2.61. The summed E-state index contributed by atoms with van der Waals surface area (Å²) in [7, 11) is 0. The number of hydrogen-bond donors (Lipinski definition) is 1. The van der Waals surface area contributed by atoms with Gasteiger partial charge in [-0.05, 0) is 43.1 Å². The average Bonchev–Trinajstić information content (AvgIpc) is 2.16. The molecule has 1 saturated carbocycles. The summed E-state index contributed by atoms with van der Waals surface area (Å²) >= 11 is 0. The van der Waals surface area contributed by atoms with Crippen LogP contribution in [0, 0.1) is 17.3 Å². The van der Waals surface area contributed by atoms with Crippen LogP contribution >= 0.6 is 0 Å². The molecule has 0 spiro atoms. The zero-order valence-electron chi connectivity index (χ0n) is 8.06. The van der Waals surface area contributed by atoms with E-state index in [1.807, 2.05) is 0 Å². The third-order valence-corrected chi connectivity index (χ3v) is 3.41. The molecule has 1 aliphatic rings. The van der Waals surface area contributed by atoms with Crippen LogP contribution < -0.4 is 5.73 Å². The van der Waals surface area contributed by atoms with E-state index >= 15 is 0 Å². The van der Waals surface area contributed by atoms with Crippen molar-refractivity contribution >= 4 is 0 Å². The minimum Gasteiger partial charge on any atom is -0.330 e. The molecule has 0 saturated heterocycles. The number of nitrogens with two attached hydrogens (primary N) is 1. The Kier molecular flexibility index (Phi) is 2.58. The smallest absolute Gasteiger partial charge is 0.00743 e. The molecular weight excluding hydrogens is 134 g/mol. The molecule has 2 atom stereocenters. The lowest BCUT2D eigenvalue weighted by Gasteiger charge is -2.29. The van der Waals surface area contributed by atoms with Gasteiger partial charge in [0.1, 0.15) is 0 Å². The molecule has 1 fully saturated rings. The third kappa shape index (κ3) is 1.76. The van der Waals surface area contributed by atoms with Gasteiger partial charge < -0.3 is 5.73 Å². The summed E-state index contributed by atoms with van der Waals surface area (Å²) in [6.45, 7) is 8.00. The summed E-state index contributed by atoms with van der Waals surface area (Å²) in [6.07, 6.45) is 4.00. The van der Waals surface area contributed by atoms with Gasteiger partial charge in [-0.25, -0.2) is 0 Å². The van der Waals surface area contributed by atoms with Crippen molar-refractivity contribution < 1.29 is 0 Å². The monoisotopic (exact) mass is 155 g/mol. The molecule has 0 heterocycles. The molecular formula is C10H21N. The Labute approximate surface area is 70.4 Å². The van der Waals surface area contributed by atoms with Gasteiger partial charge in [-0.15, -0.1) is 0 Å². The van der Waals surface area contributed by atoms with Gasteiger partial charge in [0.25, 0.3) is 0 Å². The lowest BCUT2D eigenvalue weighted by molar-refractivity contribution is 0.214. The topological polar surface area (TPSA) is 26.0 Å². The molecule has 1 nitrogen and oxygen atoms in total. The fourth-order valence-corrected chi connectivity index (χ4v) is 2.61. The van der Waals surface area contributed by atoms with Crippen LogP contribution in [-0.2, 0) is 0 Å². The maximum Gasteiger partial charge on any atom is -0.00743 e. The first kappa shape index (κ1) is 9.05. The summed E-state index contributed by atoms with van der Waals surface area (Å²) in [4.78, 5) is 0. The van der Waals surface area contributed by atoms with E-state index in [9.17, 15) is 0 Å². The van der Waals surface area contributed by atoms with Gasteiger partial charge in [0, 0.05) is 0 Å². The molecule has 2 unspecified atom stereocenters. The van der Waals surface area contributed by atoms with E-state index in [0.29, 0.717) is 5.41 Å². The highest BCUT2D eigenvalue weighted by molar-refractivity contribution is 4.88. The van der Waals surface area contributed by atoms with E-state index in [0.717, 1.165) is 18.4 Å². The maximum atomic E-state index is 5.59. The van der Waals surface area contributed by atoms with Crippen molar-refractivity contribution in [3.63, 3.8) is 0 Å². The Balaban J connectivity index is 2.57. The van der Waals surface area contributed by atoms with Crippen molar-refractivity contribution in [3.05, 3.63) is 0 Å². The van der Waals surface area contributed by atoms with E-state index in [-0.39, 0.29) is 0 Å². The Morgan fingerprint density at radius 1 is 1.45 bits per heavy atom. The van der Waals surface area contributed by atoms with Crippen molar-refractivity contribution in [1.82, 2.24) is 0 Å². The Bertz CT molecular complexity index is 129. The second-order valence-electron chi connectivity index (χ2n) is 4.69. The van der Waals surface area contributed by atoms with E-state index in [2.05, 4.69) is 20.8 Å². The molecule has 0 aromatic heterocycles. The van der Waals surface area contributed by atoms with Crippen LogP contribution in [-0.4, -0.2) is 6.54 Å². The van der Waals surface area contributed by atoms with E-state index in [1.54, 1.807) is 0 Å². The van der Waals surface area contributed by atoms with E-state index in [4.69, 9.17) is 5.73 Å². The molecule has 1 rings (SSSR count). The molecule has 1 aliphatic carbocycles. The van der Waals surface area contributed by atoms with E-state index in [1.165, 1.54) is 19.3 Å². The second-order valence-corrected chi connectivity index (χ2v) is 4.69. The molecule has 0 aliphatic heterocycles. The van der Waals surface area contributed by atoms with Gasteiger partial charge in [0.2, 0.25) is 0 Å². The minimum absolute atomic E-state index is 0.554. The van der Waals surface area contributed by atoms with Gasteiger partial charge in [-0.2, -0.15) is 0 Å². The van der Waals surface area contributed by atoms with Crippen molar-refractivity contribution in [3.8, 4) is 0 Å². The Morgan fingerprint density at radius 2 is 2.09 bits per heavy atom. The highest BCUT2D eigenvalue weighted by Crippen LogP contribution is 2.47. The van der Waals surface area contributed by atoms with Crippen molar-refractivity contribution in [1.29, 1.82) is 0 Å². The van der Waals surface area contributed by atoms with Crippen LogP contribution in [0.2, 0.25) is 0 Å². The average molecular weight is 155 g/mol. The quantitative estimate of drug-likeness (QED) is 0.651. The highest BCUT2D eigenvalue weighted by Gasteiger charge is 2.38. The summed E-state index contributed by atoms with van der Waals surface area (Å²) in [5, 5.41) is 0. The largest absolute Gasteiger partial charge is 0.330 e. The van der Waals surface area contributed by atoms with Gasteiger partial charge in [-0.3, -0.25) is 0 Å². The lowest BCUT2D eigenvalue weighted by Crippen LogP contribution is -2.23. The van der Waals surface area contributed by atoms with Crippen LogP contribution in [0.4, 0.5) is 0 Å². The maximum absolute atomic E-state index is 5.59. The lowest BCUT2D eigenvalue weighted by atomic mass is 9.77. The van der Waals surface area contributed by atoms with Gasteiger partial charge >= 0.3 is 0 Å². The summed E-state index contributed by atoms with van der Waals surface area (Å²) in [5.74, 6) is 1.76. The number of rotatable bonds is 2. The molecule has 11 heavy (non-hydrogen) atoms. The standard InChI is InChI=1S/C10H21N/c1-8-4-6-10(2,3)9(8)5-7-11/h8-9H,4-7,11H2,1-3H3. The molecule has 0 radical (unpaired) electrons. The minimum atomic E-state index is 0.554. The van der Waals surface area contributed by atoms with Crippen LogP contribution in [0.25, 0.3) is 0 Å². The zero-order valence-corrected chi connectivity index (χ0v) is 8.06. The fraction of sp³-hybridized carbons (Fsp3) is 1.00. The normalized spacial score (nSPS) is 36.0. The van der Waals surface area contributed by atoms with E-state index < -0.39 is 0 Å². The van der Waals surface area contributed by atoms with Crippen LogP contribution in [0.5, 0.6) is 0 Å². The molecule has 2 N–H and O–H groups in total. The van der Waals surface area contributed by atoms with Crippen molar-refractivity contribution in [2.24, 2.45) is 23.0 Å². The Hall–Kier alpha value is -0.0400. The van der Waals surface area contributed by atoms with Crippen molar-refractivity contribution in [2.75, 3.05) is 6.54 Å². The SMILES string of the molecule is CC1CCC(C)(C)C1CCN. The van der Waals surface area contributed by atoms with Crippen LogP contribution in [0.15, 0.2) is 0 Å². The third-order valence-electron chi connectivity index (χ3n) is 3.41. The van der Waals surface area contributed by atoms with Crippen LogP contribution in [0.1, 0.15) is 40.0 Å². The molecule has 0 bridgehead atoms. The molecule has 1 heteroatoms. The molecule has 66 valence electrons. The molecule has 0 aromatic carbocycles. The predicted molar refractivity (Wildman–Crippen MR) is 49.3 cm³/mol. The Morgan fingerprint density at radius 3 is 2.45 bits per heavy atom. The zero-order chi connectivity index (χ0) is 8.48. The van der Waals surface area contributed by atoms with Gasteiger partial charge in [0.05, 0.1) is 0 Å². The number of hydrogen-bond acceptors (Lipinski definition) is 1.